The van der Waals surface area contributed by atoms with Gasteiger partial charge in [-0.15, -0.1) is 0 Å². The van der Waals surface area contributed by atoms with Crippen LogP contribution in [0, 0.1) is 11.8 Å². The normalized spacial score (nSPS) is 22.2. The molecule has 0 spiro atoms. The van der Waals surface area contributed by atoms with E-state index in [2.05, 4.69) is 43.0 Å². The van der Waals surface area contributed by atoms with Crippen molar-refractivity contribution in [2.24, 2.45) is 17.6 Å². The Labute approximate surface area is 105 Å². The summed E-state index contributed by atoms with van der Waals surface area (Å²) >= 11 is 0. The van der Waals surface area contributed by atoms with Gasteiger partial charge in [-0.05, 0) is 42.9 Å². The van der Waals surface area contributed by atoms with E-state index in [1.54, 1.807) is 0 Å². The van der Waals surface area contributed by atoms with E-state index in [0.29, 0.717) is 0 Å². The molecule has 0 amide bonds. The lowest BCUT2D eigenvalue weighted by Gasteiger charge is -2.20. The monoisotopic (exact) mass is 232 g/mol. The highest BCUT2D eigenvalue weighted by Gasteiger charge is 2.24. The van der Waals surface area contributed by atoms with Crippen molar-refractivity contribution in [3.63, 3.8) is 0 Å². The molecule has 1 aromatic carbocycles. The van der Waals surface area contributed by atoms with Gasteiger partial charge in [0.2, 0.25) is 0 Å². The molecule has 2 nitrogen and oxygen atoms in total. The summed E-state index contributed by atoms with van der Waals surface area (Å²) in [5.74, 6) is 1.64. The molecule has 2 rings (SSSR count). The van der Waals surface area contributed by atoms with E-state index in [0.717, 1.165) is 11.8 Å². The SMILES string of the molecule is CC(C)C1CCN(c2ccc([C@@H](C)N)cc2)C1. The molecule has 0 aromatic heterocycles. The highest BCUT2D eigenvalue weighted by Crippen LogP contribution is 2.28. The average Bonchev–Trinajstić information content (AvgIpc) is 2.78. The van der Waals surface area contributed by atoms with Gasteiger partial charge in [-0.25, -0.2) is 0 Å². The van der Waals surface area contributed by atoms with Crippen LogP contribution in [0.4, 0.5) is 5.69 Å². The topological polar surface area (TPSA) is 29.3 Å². The quantitative estimate of drug-likeness (QED) is 0.867. The highest BCUT2D eigenvalue weighted by atomic mass is 15.1. The molecule has 0 saturated carbocycles. The van der Waals surface area contributed by atoms with Crippen LogP contribution < -0.4 is 10.6 Å². The van der Waals surface area contributed by atoms with Crippen LogP contribution >= 0.6 is 0 Å². The van der Waals surface area contributed by atoms with E-state index in [1.165, 1.54) is 30.8 Å². The average molecular weight is 232 g/mol. The fraction of sp³-hybridized carbons (Fsp3) is 0.600. The van der Waals surface area contributed by atoms with Gasteiger partial charge < -0.3 is 10.6 Å². The molecule has 94 valence electrons. The Kier molecular flexibility index (Phi) is 3.72. The van der Waals surface area contributed by atoms with Crippen molar-refractivity contribution in [3.8, 4) is 0 Å². The molecule has 0 bridgehead atoms. The number of nitrogens with two attached hydrogens (primary N) is 1. The minimum Gasteiger partial charge on any atom is -0.371 e. The molecular formula is C15H24N2. The van der Waals surface area contributed by atoms with Crippen LogP contribution in [0.25, 0.3) is 0 Å². The van der Waals surface area contributed by atoms with Gasteiger partial charge in [0.05, 0.1) is 0 Å². The number of nitrogens with zero attached hydrogens (tertiary/aromatic N) is 1. The molecule has 1 unspecified atom stereocenters. The second kappa shape index (κ2) is 5.09. The first-order valence-corrected chi connectivity index (χ1v) is 6.68. The number of hydrogen-bond acceptors (Lipinski definition) is 2. The summed E-state index contributed by atoms with van der Waals surface area (Å²) in [5.41, 5.74) is 8.43. The molecule has 17 heavy (non-hydrogen) atoms. The van der Waals surface area contributed by atoms with Gasteiger partial charge >= 0.3 is 0 Å². The van der Waals surface area contributed by atoms with Crippen LogP contribution in [0.1, 0.15) is 38.8 Å². The lowest BCUT2D eigenvalue weighted by Crippen LogP contribution is -2.21. The maximum absolute atomic E-state index is 5.87. The summed E-state index contributed by atoms with van der Waals surface area (Å²) in [6.07, 6.45) is 1.33. The smallest absolute Gasteiger partial charge is 0.0366 e. The van der Waals surface area contributed by atoms with Crippen molar-refractivity contribution in [2.45, 2.75) is 33.2 Å². The van der Waals surface area contributed by atoms with Gasteiger partial charge in [0.1, 0.15) is 0 Å². The van der Waals surface area contributed by atoms with Gasteiger partial charge in [0.15, 0.2) is 0 Å². The van der Waals surface area contributed by atoms with Gasteiger partial charge in [-0.2, -0.15) is 0 Å². The Morgan fingerprint density at radius 2 is 1.82 bits per heavy atom. The van der Waals surface area contributed by atoms with Gasteiger partial charge in [0, 0.05) is 24.8 Å². The number of hydrogen-bond donors (Lipinski definition) is 1. The zero-order valence-electron chi connectivity index (χ0n) is 11.2. The molecule has 1 saturated heterocycles. The third-order valence-corrected chi connectivity index (χ3v) is 3.95. The molecule has 0 radical (unpaired) electrons. The van der Waals surface area contributed by atoms with Crippen LogP contribution in [0.15, 0.2) is 24.3 Å². The van der Waals surface area contributed by atoms with E-state index in [-0.39, 0.29) is 6.04 Å². The lowest BCUT2D eigenvalue weighted by atomic mass is 9.95. The first-order valence-electron chi connectivity index (χ1n) is 6.68. The number of benzene rings is 1. The standard InChI is InChI=1S/C15H24N2/c1-11(2)14-8-9-17(10-14)15-6-4-13(5-7-15)12(3)16/h4-7,11-12,14H,8-10,16H2,1-3H3/t12-,14?/m1/s1. The van der Waals surface area contributed by atoms with Crippen molar-refractivity contribution in [1.29, 1.82) is 0 Å². The first-order chi connectivity index (χ1) is 8.08. The molecule has 2 atom stereocenters. The first kappa shape index (κ1) is 12.4. The summed E-state index contributed by atoms with van der Waals surface area (Å²) < 4.78 is 0. The predicted molar refractivity (Wildman–Crippen MR) is 74.2 cm³/mol. The zero-order chi connectivity index (χ0) is 12.4. The summed E-state index contributed by atoms with van der Waals surface area (Å²) in [4.78, 5) is 2.50. The largest absolute Gasteiger partial charge is 0.371 e. The summed E-state index contributed by atoms with van der Waals surface area (Å²) in [7, 11) is 0. The predicted octanol–water partition coefficient (Wildman–Crippen LogP) is 3.19. The Hall–Kier alpha value is -1.02. The fourth-order valence-electron chi connectivity index (χ4n) is 2.55. The molecular weight excluding hydrogens is 208 g/mol. The molecule has 2 heteroatoms. The van der Waals surface area contributed by atoms with Crippen molar-refractivity contribution in [1.82, 2.24) is 0 Å². The molecule has 1 fully saturated rings. The van der Waals surface area contributed by atoms with Gasteiger partial charge in [-0.1, -0.05) is 26.0 Å². The molecule has 1 aromatic rings. The molecule has 2 N–H and O–H groups in total. The van der Waals surface area contributed by atoms with E-state index in [9.17, 15) is 0 Å². The second-order valence-corrected chi connectivity index (χ2v) is 5.62. The maximum atomic E-state index is 5.87. The summed E-state index contributed by atoms with van der Waals surface area (Å²) in [6, 6.07) is 8.86. The molecule has 0 aliphatic carbocycles. The third kappa shape index (κ3) is 2.81. The maximum Gasteiger partial charge on any atom is 0.0366 e. The van der Waals surface area contributed by atoms with Gasteiger partial charge in [-0.3, -0.25) is 0 Å². The summed E-state index contributed by atoms with van der Waals surface area (Å²) in [6.45, 7) is 9.08. The Morgan fingerprint density at radius 3 is 2.29 bits per heavy atom. The fourth-order valence-corrected chi connectivity index (χ4v) is 2.55. The van der Waals surface area contributed by atoms with E-state index in [4.69, 9.17) is 5.73 Å². The van der Waals surface area contributed by atoms with Crippen LogP contribution in [0.2, 0.25) is 0 Å². The van der Waals surface area contributed by atoms with E-state index >= 15 is 0 Å². The summed E-state index contributed by atoms with van der Waals surface area (Å²) in [5, 5.41) is 0. The van der Waals surface area contributed by atoms with Crippen molar-refractivity contribution in [3.05, 3.63) is 29.8 Å². The minimum absolute atomic E-state index is 0.131. The molecule has 1 aliphatic rings. The number of anilines is 1. The second-order valence-electron chi connectivity index (χ2n) is 5.62. The van der Waals surface area contributed by atoms with Crippen molar-refractivity contribution >= 4 is 5.69 Å². The van der Waals surface area contributed by atoms with Crippen LogP contribution in [0.3, 0.4) is 0 Å². The van der Waals surface area contributed by atoms with Crippen molar-refractivity contribution < 1.29 is 0 Å². The van der Waals surface area contributed by atoms with Crippen LogP contribution in [0.5, 0.6) is 0 Å². The number of rotatable bonds is 3. The zero-order valence-corrected chi connectivity index (χ0v) is 11.2. The van der Waals surface area contributed by atoms with Crippen molar-refractivity contribution in [2.75, 3.05) is 18.0 Å². The third-order valence-electron chi connectivity index (χ3n) is 3.95. The molecule has 1 heterocycles. The minimum atomic E-state index is 0.131. The Morgan fingerprint density at radius 1 is 1.18 bits per heavy atom. The van der Waals surface area contributed by atoms with E-state index < -0.39 is 0 Å². The van der Waals surface area contributed by atoms with Gasteiger partial charge in [0.25, 0.3) is 0 Å². The Bertz CT molecular complexity index is 354. The van der Waals surface area contributed by atoms with Crippen LogP contribution in [-0.4, -0.2) is 13.1 Å². The Balaban J connectivity index is 2.04. The van der Waals surface area contributed by atoms with E-state index in [1.807, 2.05) is 6.92 Å². The van der Waals surface area contributed by atoms with Crippen LogP contribution in [-0.2, 0) is 0 Å². The lowest BCUT2D eigenvalue weighted by molar-refractivity contribution is 0.423. The molecule has 1 aliphatic heterocycles. The highest BCUT2D eigenvalue weighted by molar-refractivity contribution is 5.48.